The van der Waals surface area contributed by atoms with Gasteiger partial charge in [-0.15, -0.1) is 0 Å². The maximum Gasteiger partial charge on any atom is 0.117 e. The molecule has 1 aromatic carbocycles. The van der Waals surface area contributed by atoms with Gasteiger partial charge >= 0.3 is 0 Å². The second-order valence-electron chi connectivity index (χ2n) is 1.87. The molecule has 1 N–H and O–H groups in total. The van der Waals surface area contributed by atoms with Crippen molar-refractivity contribution in [3.05, 3.63) is 40.0 Å². The minimum atomic E-state index is 0.262. The van der Waals surface area contributed by atoms with Gasteiger partial charge in [0.2, 0.25) is 0 Å². The Morgan fingerprint density at radius 2 is 2.10 bits per heavy atom. The van der Waals surface area contributed by atoms with Gasteiger partial charge in [0.05, 0.1) is 0 Å². The van der Waals surface area contributed by atoms with Crippen molar-refractivity contribution >= 4 is 22.6 Å². The van der Waals surface area contributed by atoms with E-state index in [1.165, 1.54) is 0 Å². The monoisotopic (exact) mass is 245 g/mol. The molecule has 0 aromatic heterocycles. The van der Waals surface area contributed by atoms with Crippen LogP contribution < -0.4 is 0 Å². The van der Waals surface area contributed by atoms with E-state index < -0.39 is 0 Å². The summed E-state index contributed by atoms with van der Waals surface area (Å²) in [5.41, 5.74) is 0.824. The lowest BCUT2D eigenvalue weighted by Crippen LogP contribution is -1.75. The summed E-state index contributed by atoms with van der Waals surface area (Å²) in [6.45, 7) is 3.47. The first-order valence-electron chi connectivity index (χ1n) is 2.75. The molecule has 0 aliphatic rings. The van der Waals surface area contributed by atoms with Crippen molar-refractivity contribution in [2.24, 2.45) is 0 Å². The fourth-order valence-electron chi connectivity index (χ4n) is 0.676. The molecule has 0 spiro atoms. The minimum absolute atomic E-state index is 0.262. The summed E-state index contributed by atoms with van der Waals surface area (Å²) in [7, 11) is 0. The summed E-state index contributed by atoms with van der Waals surface area (Å²) < 4.78 is 0.990. The Hall–Kier alpha value is -0.510. The predicted molar refractivity (Wildman–Crippen MR) is 48.8 cm³/mol. The van der Waals surface area contributed by atoms with Crippen LogP contribution in [0.5, 0.6) is 5.75 Å². The number of rotatable bonds is 1. The Kier molecular flexibility index (Phi) is 2.32. The quantitative estimate of drug-likeness (QED) is 0.753. The SMILES string of the molecule is C=[C]c1cc(O)cc(I)c1. The zero-order valence-corrected chi connectivity index (χ0v) is 7.42. The average molecular weight is 245 g/mol. The number of phenolic OH excluding ortho intramolecular Hbond substituents is 1. The van der Waals surface area contributed by atoms with Crippen LogP contribution in [-0.2, 0) is 0 Å². The van der Waals surface area contributed by atoms with E-state index >= 15 is 0 Å². The van der Waals surface area contributed by atoms with Crippen molar-refractivity contribution in [2.45, 2.75) is 0 Å². The van der Waals surface area contributed by atoms with Gasteiger partial charge in [0.25, 0.3) is 0 Å². The van der Waals surface area contributed by atoms with Gasteiger partial charge in [0.1, 0.15) is 5.75 Å². The summed E-state index contributed by atoms with van der Waals surface area (Å²) >= 11 is 2.13. The molecule has 0 aliphatic heterocycles. The third-order valence-electron chi connectivity index (χ3n) is 1.09. The largest absolute Gasteiger partial charge is 0.508 e. The summed E-state index contributed by atoms with van der Waals surface area (Å²) in [5.74, 6) is 0.262. The van der Waals surface area contributed by atoms with Crippen LogP contribution >= 0.6 is 22.6 Å². The van der Waals surface area contributed by atoms with Gasteiger partial charge in [-0.2, -0.15) is 0 Å². The summed E-state index contributed by atoms with van der Waals surface area (Å²) in [5, 5.41) is 9.05. The Balaban J connectivity index is 3.18. The van der Waals surface area contributed by atoms with Crippen LogP contribution in [0.1, 0.15) is 5.56 Å². The van der Waals surface area contributed by atoms with Crippen LogP contribution in [0.2, 0.25) is 0 Å². The molecule has 2 heteroatoms. The Morgan fingerprint density at radius 3 is 2.60 bits per heavy atom. The molecule has 0 fully saturated rings. The smallest absolute Gasteiger partial charge is 0.117 e. The van der Waals surface area contributed by atoms with Crippen LogP contribution in [0.3, 0.4) is 0 Å². The van der Waals surface area contributed by atoms with E-state index in [0.29, 0.717) is 0 Å². The summed E-state index contributed by atoms with van der Waals surface area (Å²) in [4.78, 5) is 0. The van der Waals surface area contributed by atoms with Crippen molar-refractivity contribution in [1.29, 1.82) is 0 Å². The lowest BCUT2D eigenvalue weighted by atomic mass is 10.2. The molecule has 0 aliphatic carbocycles. The highest BCUT2D eigenvalue weighted by molar-refractivity contribution is 14.1. The normalized spacial score (nSPS) is 9.30. The highest BCUT2D eigenvalue weighted by Gasteiger charge is 1.93. The van der Waals surface area contributed by atoms with Crippen LogP contribution in [0.25, 0.3) is 0 Å². The molecule has 0 bridgehead atoms. The molecule has 51 valence electrons. The second kappa shape index (κ2) is 3.05. The van der Waals surface area contributed by atoms with E-state index in [9.17, 15) is 0 Å². The van der Waals surface area contributed by atoms with Crippen molar-refractivity contribution < 1.29 is 5.11 Å². The van der Waals surface area contributed by atoms with Gasteiger partial charge in [-0.1, -0.05) is 6.58 Å². The molecule has 0 saturated heterocycles. The zero-order valence-electron chi connectivity index (χ0n) is 5.26. The lowest BCUT2D eigenvalue weighted by Gasteiger charge is -1.95. The number of hydrogen-bond donors (Lipinski definition) is 1. The fraction of sp³-hybridized carbons (Fsp3) is 0. The van der Waals surface area contributed by atoms with E-state index in [0.717, 1.165) is 9.13 Å². The number of hydrogen-bond acceptors (Lipinski definition) is 1. The average Bonchev–Trinajstić information content (AvgIpc) is 1.85. The van der Waals surface area contributed by atoms with E-state index in [4.69, 9.17) is 5.11 Å². The van der Waals surface area contributed by atoms with Gasteiger partial charge in [-0.3, -0.25) is 0 Å². The van der Waals surface area contributed by atoms with Gasteiger partial charge in [-0.05, 0) is 52.4 Å². The highest BCUT2D eigenvalue weighted by Crippen LogP contribution is 2.16. The Labute approximate surface area is 73.5 Å². The standard InChI is InChI=1S/C8H6IO/c1-2-6-3-7(9)5-8(10)4-6/h3-5,10H,1H2. The number of aromatic hydroxyl groups is 1. The predicted octanol–water partition coefficient (Wildman–Crippen LogP) is 2.33. The number of phenols is 1. The highest BCUT2D eigenvalue weighted by atomic mass is 127. The third-order valence-corrected chi connectivity index (χ3v) is 1.71. The maximum absolute atomic E-state index is 9.05. The van der Waals surface area contributed by atoms with Crippen LogP contribution in [0, 0.1) is 9.65 Å². The molecular weight excluding hydrogens is 239 g/mol. The molecule has 1 nitrogen and oxygen atoms in total. The molecular formula is C8H6IO. The topological polar surface area (TPSA) is 20.2 Å². The van der Waals surface area contributed by atoms with Gasteiger partial charge in [-0.25, -0.2) is 0 Å². The third kappa shape index (κ3) is 1.73. The molecule has 1 radical (unpaired) electrons. The molecule has 1 rings (SSSR count). The molecule has 0 saturated carbocycles. The zero-order chi connectivity index (χ0) is 7.56. The molecule has 0 heterocycles. The van der Waals surface area contributed by atoms with Crippen LogP contribution in [0.15, 0.2) is 24.8 Å². The first-order chi connectivity index (χ1) is 4.72. The van der Waals surface area contributed by atoms with Crippen molar-refractivity contribution in [2.75, 3.05) is 0 Å². The van der Waals surface area contributed by atoms with Gasteiger partial charge < -0.3 is 5.11 Å². The van der Waals surface area contributed by atoms with Gasteiger partial charge in [0, 0.05) is 3.57 Å². The Bertz CT molecular complexity index is 235. The molecule has 0 amide bonds. The molecule has 1 aromatic rings. The van der Waals surface area contributed by atoms with Gasteiger partial charge in [0.15, 0.2) is 0 Å². The van der Waals surface area contributed by atoms with E-state index in [2.05, 4.69) is 35.2 Å². The first kappa shape index (κ1) is 7.60. The summed E-state index contributed by atoms with van der Waals surface area (Å²) in [6, 6.07) is 5.20. The molecule has 0 unspecified atom stereocenters. The lowest BCUT2D eigenvalue weighted by molar-refractivity contribution is 0.474. The van der Waals surface area contributed by atoms with E-state index in [1.54, 1.807) is 12.1 Å². The number of halogens is 1. The van der Waals surface area contributed by atoms with Crippen molar-refractivity contribution in [3.63, 3.8) is 0 Å². The first-order valence-corrected chi connectivity index (χ1v) is 3.83. The van der Waals surface area contributed by atoms with E-state index in [1.807, 2.05) is 6.07 Å². The molecule has 10 heavy (non-hydrogen) atoms. The summed E-state index contributed by atoms with van der Waals surface area (Å²) in [6.07, 6.45) is 2.69. The van der Waals surface area contributed by atoms with Crippen LogP contribution in [-0.4, -0.2) is 5.11 Å². The maximum atomic E-state index is 9.05. The van der Waals surface area contributed by atoms with Crippen molar-refractivity contribution in [3.8, 4) is 5.75 Å². The molecule has 0 atom stereocenters. The fourth-order valence-corrected chi connectivity index (χ4v) is 1.33. The van der Waals surface area contributed by atoms with Crippen LogP contribution in [0.4, 0.5) is 0 Å². The van der Waals surface area contributed by atoms with E-state index in [-0.39, 0.29) is 5.75 Å². The number of benzene rings is 1. The minimum Gasteiger partial charge on any atom is -0.508 e. The Morgan fingerprint density at radius 1 is 1.40 bits per heavy atom. The van der Waals surface area contributed by atoms with Crippen molar-refractivity contribution in [1.82, 2.24) is 0 Å². The second-order valence-corrected chi connectivity index (χ2v) is 3.12.